The number of amides is 2. The van der Waals surface area contributed by atoms with Gasteiger partial charge in [-0.2, -0.15) is 0 Å². The standard InChI is InChI=1S/C20H33N3O2/c1-3-23(4-2)14-17-11-9-16(10-12-17)13-21-20(25)22-19-8-6-5-7-18(19)15-24/h9-12,18-19,24H,3-8,13-15H2,1-2H3,(H2,21,22,25). The number of benzene rings is 1. The molecule has 1 saturated carbocycles. The minimum absolute atomic E-state index is 0.0928. The van der Waals surface area contributed by atoms with E-state index < -0.39 is 0 Å². The number of nitrogens with zero attached hydrogens (tertiary/aromatic N) is 1. The molecule has 0 bridgehead atoms. The molecule has 1 aliphatic rings. The van der Waals surface area contributed by atoms with Crippen molar-refractivity contribution in [2.24, 2.45) is 5.92 Å². The minimum atomic E-state index is -0.141. The lowest BCUT2D eigenvalue weighted by molar-refractivity contribution is 0.153. The molecule has 25 heavy (non-hydrogen) atoms. The first kappa shape index (κ1) is 19.7. The number of aliphatic hydroxyl groups excluding tert-OH is 1. The Morgan fingerprint density at radius 2 is 1.76 bits per heavy atom. The predicted octanol–water partition coefficient (Wildman–Crippen LogP) is 2.88. The summed E-state index contributed by atoms with van der Waals surface area (Å²) in [5.41, 5.74) is 2.39. The number of aliphatic hydroxyl groups is 1. The summed E-state index contributed by atoms with van der Waals surface area (Å²) in [4.78, 5) is 14.5. The van der Waals surface area contributed by atoms with Crippen LogP contribution in [0.2, 0.25) is 0 Å². The zero-order chi connectivity index (χ0) is 18.1. The summed E-state index contributed by atoms with van der Waals surface area (Å²) in [6, 6.07) is 8.38. The smallest absolute Gasteiger partial charge is 0.315 e. The Balaban J connectivity index is 1.77. The highest BCUT2D eigenvalue weighted by Gasteiger charge is 2.25. The lowest BCUT2D eigenvalue weighted by Crippen LogP contribution is -2.47. The highest BCUT2D eigenvalue weighted by Crippen LogP contribution is 2.23. The first-order chi connectivity index (χ1) is 12.2. The highest BCUT2D eigenvalue weighted by molar-refractivity contribution is 5.74. The normalized spacial score (nSPS) is 20.5. The number of urea groups is 1. The average molecular weight is 348 g/mol. The van der Waals surface area contributed by atoms with Crippen LogP contribution in [-0.2, 0) is 13.1 Å². The van der Waals surface area contributed by atoms with Crippen LogP contribution in [0.15, 0.2) is 24.3 Å². The number of carbonyl (C=O) groups excluding carboxylic acids is 1. The van der Waals surface area contributed by atoms with Crippen molar-refractivity contribution in [1.29, 1.82) is 0 Å². The fraction of sp³-hybridized carbons (Fsp3) is 0.650. The van der Waals surface area contributed by atoms with Crippen molar-refractivity contribution in [3.05, 3.63) is 35.4 Å². The number of rotatable bonds is 8. The molecular formula is C20H33N3O2. The fourth-order valence-corrected chi connectivity index (χ4v) is 3.49. The summed E-state index contributed by atoms with van der Waals surface area (Å²) >= 11 is 0. The van der Waals surface area contributed by atoms with Gasteiger partial charge in [0.2, 0.25) is 0 Å². The predicted molar refractivity (Wildman–Crippen MR) is 101 cm³/mol. The Labute approximate surface area is 151 Å². The molecule has 1 aromatic rings. The zero-order valence-electron chi connectivity index (χ0n) is 15.6. The number of nitrogens with one attached hydrogen (secondary N) is 2. The second-order valence-corrected chi connectivity index (χ2v) is 6.94. The molecule has 2 atom stereocenters. The van der Waals surface area contributed by atoms with Crippen LogP contribution in [0.1, 0.15) is 50.7 Å². The summed E-state index contributed by atoms with van der Waals surface area (Å²) in [5, 5.41) is 15.4. The molecule has 140 valence electrons. The Bertz CT molecular complexity index is 514. The van der Waals surface area contributed by atoms with Crippen molar-refractivity contribution in [2.45, 2.75) is 58.7 Å². The molecule has 0 spiro atoms. The van der Waals surface area contributed by atoms with Gasteiger partial charge in [-0.15, -0.1) is 0 Å². The van der Waals surface area contributed by atoms with Gasteiger partial charge in [0.1, 0.15) is 0 Å². The molecule has 0 saturated heterocycles. The van der Waals surface area contributed by atoms with Gasteiger partial charge in [0.15, 0.2) is 0 Å². The summed E-state index contributed by atoms with van der Waals surface area (Å²) in [7, 11) is 0. The first-order valence-corrected chi connectivity index (χ1v) is 9.61. The van der Waals surface area contributed by atoms with Gasteiger partial charge in [0, 0.05) is 31.7 Å². The Hall–Kier alpha value is -1.59. The van der Waals surface area contributed by atoms with Crippen molar-refractivity contribution in [1.82, 2.24) is 15.5 Å². The van der Waals surface area contributed by atoms with Crippen LogP contribution >= 0.6 is 0 Å². The molecule has 2 rings (SSSR count). The summed E-state index contributed by atoms with van der Waals surface area (Å²) in [5.74, 6) is 0.193. The van der Waals surface area contributed by atoms with Crippen LogP contribution in [0.5, 0.6) is 0 Å². The second-order valence-electron chi connectivity index (χ2n) is 6.94. The largest absolute Gasteiger partial charge is 0.396 e. The van der Waals surface area contributed by atoms with E-state index in [0.29, 0.717) is 6.54 Å². The molecule has 5 nitrogen and oxygen atoms in total. The van der Waals surface area contributed by atoms with Crippen molar-refractivity contribution >= 4 is 6.03 Å². The van der Waals surface area contributed by atoms with Gasteiger partial charge in [-0.25, -0.2) is 4.79 Å². The van der Waals surface area contributed by atoms with Crippen molar-refractivity contribution in [3.63, 3.8) is 0 Å². The van der Waals surface area contributed by atoms with E-state index in [1.54, 1.807) is 0 Å². The molecule has 0 heterocycles. The summed E-state index contributed by atoms with van der Waals surface area (Å²) in [6.07, 6.45) is 4.22. The maximum Gasteiger partial charge on any atom is 0.315 e. The lowest BCUT2D eigenvalue weighted by atomic mass is 9.85. The maximum absolute atomic E-state index is 12.1. The van der Waals surface area contributed by atoms with E-state index in [9.17, 15) is 9.90 Å². The van der Waals surface area contributed by atoms with Crippen LogP contribution in [0, 0.1) is 5.92 Å². The topological polar surface area (TPSA) is 64.6 Å². The van der Waals surface area contributed by atoms with Gasteiger partial charge in [0.25, 0.3) is 0 Å². The zero-order valence-corrected chi connectivity index (χ0v) is 15.6. The molecule has 2 unspecified atom stereocenters. The van der Waals surface area contributed by atoms with Crippen LogP contribution in [0.4, 0.5) is 4.79 Å². The van der Waals surface area contributed by atoms with Gasteiger partial charge in [-0.05, 0) is 37.1 Å². The highest BCUT2D eigenvalue weighted by atomic mass is 16.3. The van der Waals surface area contributed by atoms with Gasteiger partial charge >= 0.3 is 6.03 Å². The van der Waals surface area contributed by atoms with E-state index in [4.69, 9.17) is 0 Å². The second kappa shape index (κ2) is 10.4. The third kappa shape index (κ3) is 6.33. The van der Waals surface area contributed by atoms with E-state index in [0.717, 1.165) is 50.9 Å². The van der Waals surface area contributed by atoms with Crippen molar-refractivity contribution in [2.75, 3.05) is 19.7 Å². The number of hydrogen-bond acceptors (Lipinski definition) is 3. The molecular weight excluding hydrogens is 314 g/mol. The third-order valence-corrected chi connectivity index (χ3v) is 5.24. The van der Waals surface area contributed by atoms with Crippen LogP contribution in [0.25, 0.3) is 0 Å². The van der Waals surface area contributed by atoms with E-state index in [2.05, 4.69) is 53.6 Å². The minimum Gasteiger partial charge on any atom is -0.396 e. The molecule has 3 N–H and O–H groups in total. The van der Waals surface area contributed by atoms with E-state index >= 15 is 0 Å². The molecule has 1 fully saturated rings. The molecule has 2 amide bonds. The molecule has 5 heteroatoms. The number of hydrogen-bond donors (Lipinski definition) is 3. The van der Waals surface area contributed by atoms with Crippen molar-refractivity contribution in [3.8, 4) is 0 Å². The van der Waals surface area contributed by atoms with Gasteiger partial charge in [0.05, 0.1) is 0 Å². The van der Waals surface area contributed by atoms with E-state index in [1.807, 2.05) is 0 Å². The summed E-state index contributed by atoms with van der Waals surface area (Å²) in [6.45, 7) is 8.09. The summed E-state index contributed by atoms with van der Waals surface area (Å²) < 4.78 is 0. The van der Waals surface area contributed by atoms with Gasteiger partial charge in [-0.3, -0.25) is 4.90 Å². The lowest BCUT2D eigenvalue weighted by Gasteiger charge is -2.30. The quantitative estimate of drug-likeness (QED) is 0.677. The monoisotopic (exact) mass is 347 g/mol. The Morgan fingerprint density at radius 1 is 1.12 bits per heavy atom. The third-order valence-electron chi connectivity index (χ3n) is 5.24. The Morgan fingerprint density at radius 3 is 2.40 bits per heavy atom. The van der Waals surface area contributed by atoms with E-state index in [-0.39, 0.29) is 24.6 Å². The molecule has 0 radical (unpaired) electrons. The van der Waals surface area contributed by atoms with Crippen LogP contribution < -0.4 is 10.6 Å². The Kier molecular flexibility index (Phi) is 8.22. The molecule has 1 aromatic carbocycles. The number of carbonyl (C=O) groups is 1. The fourth-order valence-electron chi connectivity index (χ4n) is 3.49. The van der Waals surface area contributed by atoms with E-state index in [1.165, 1.54) is 5.56 Å². The average Bonchev–Trinajstić information content (AvgIpc) is 2.65. The SMILES string of the molecule is CCN(CC)Cc1ccc(CNC(=O)NC2CCCCC2CO)cc1. The molecule has 0 aromatic heterocycles. The van der Waals surface area contributed by atoms with Crippen molar-refractivity contribution < 1.29 is 9.90 Å². The van der Waals surface area contributed by atoms with Crippen LogP contribution in [0.3, 0.4) is 0 Å². The maximum atomic E-state index is 12.1. The molecule has 0 aliphatic heterocycles. The van der Waals surface area contributed by atoms with Gasteiger partial charge < -0.3 is 15.7 Å². The van der Waals surface area contributed by atoms with Crippen LogP contribution in [-0.4, -0.2) is 41.8 Å². The molecule has 1 aliphatic carbocycles. The first-order valence-electron chi connectivity index (χ1n) is 9.61. The van der Waals surface area contributed by atoms with Gasteiger partial charge in [-0.1, -0.05) is 51.0 Å².